The Hall–Kier alpha value is -0.610. The van der Waals surface area contributed by atoms with Gasteiger partial charge in [0.25, 0.3) is 0 Å². The standard InChI is InChI=1S/C9H16N2OS/c1-4-9(2,3)7(12)11-8-10-5-6-13-8/h5-7,12H,4H2,1-3H3,(H,10,11). The molecule has 0 saturated heterocycles. The maximum absolute atomic E-state index is 9.80. The number of anilines is 1. The van der Waals surface area contributed by atoms with Gasteiger partial charge in [0.15, 0.2) is 5.13 Å². The lowest BCUT2D eigenvalue weighted by Gasteiger charge is -2.29. The van der Waals surface area contributed by atoms with Crippen LogP contribution in [0, 0.1) is 5.41 Å². The second-order valence-corrected chi connectivity index (χ2v) is 4.62. The minimum Gasteiger partial charge on any atom is -0.373 e. The molecule has 4 heteroatoms. The van der Waals surface area contributed by atoms with Crippen molar-refractivity contribution in [2.24, 2.45) is 5.41 Å². The first-order chi connectivity index (χ1) is 6.06. The molecule has 1 aromatic rings. The lowest BCUT2D eigenvalue weighted by molar-refractivity contribution is 0.0711. The van der Waals surface area contributed by atoms with E-state index in [0.29, 0.717) is 0 Å². The van der Waals surface area contributed by atoms with E-state index in [4.69, 9.17) is 0 Å². The van der Waals surface area contributed by atoms with Crippen LogP contribution in [-0.2, 0) is 0 Å². The van der Waals surface area contributed by atoms with Gasteiger partial charge in [0.2, 0.25) is 0 Å². The average Bonchev–Trinajstić information content (AvgIpc) is 2.57. The first-order valence-electron chi connectivity index (χ1n) is 4.40. The highest BCUT2D eigenvalue weighted by atomic mass is 32.1. The van der Waals surface area contributed by atoms with Crippen LogP contribution in [-0.4, -0.2) is 16.3 Å². The van der Waals surface area contributed by atoms with Crippen LogP contribution in [0.3, 0.4) is 0 Å². The van der Waals surface area contributed by atoms with Gasteiger partial charge in [-0.05, 0) is 6.42 Å². The minimum atomic E-state index is -0.538. The smallest absolute Gasteiger partial charge is 0.184 e. The zero-order valence-corrected chi connectivity index (χ0v) is 9.06. The summed E-state index contributed by atoms with van der Waals surface area (Å²) in [5.41, 5.74) is -0.119. The number of aromatic nitrogens is 1. The van der Waals surface area contributed by atoms with Gasteiger partial charge in [-0.3, -0.25) is 0 Å². The summed E-state index contributed by atoms with van der Waals surface area (Å²) in [7, 11) is 0. The highest BCUT2D eigenvalue weighted by Crippen LogP contribution is 2.26. The van der Waals surface area contributed by atoms with Crippen LogP contribution in [0.4, 0.5) is 5.13 Å². The number of aliphatic hydroxyl groups is 1. The van der Waals surface area contributed by atoms with Gasteiger partial charge in [0.05, 0.1) is 0 Å². The first kappa shape index (κ1) is 10.5. The van der Waals surface area contributed by atoms with Gasteiger partial charge in [-0.1, -0.05) is 20.8 Å². The molecule has 0 amide bonds. The molecule has 0 bridgehead atoms. The Morgan fingerprint density at radius 1 is 1.69 bits per heavy atom. The van der Waals surface area contributed by atoms with Gasteiger partial charge in [0.1, 0.15) is 6.23 Å². The van der Waals surface area contributed by atoms with Crippen LogP contribution in [0.1, 0.15) is 27.2 Å². The highest BCUT2D eigenvalue weighted by molar-refractivity contribution is 7.13. The molecule has 74 valence electrons. The summed E-state index contributed by atoms with van der Waals surface area (Å²) < 4.78 is 0. The number of hydrogen-bond donors (Lipinski definition) is 2. The molecular weight excluding hydrogens is 184 g/mol. The van der Waals surface area contributed by atoms with Crippen LogP contribution < -0.4 is 5.32 Å². The van der Waals surface area contributed by atoms with E-state index in [0.717, 1.165) is 11.6 Å². The van der Waals surface area contributed by atoms with Crippen LogP contribution >= 0.6 is 11.3 Å². The number of nitrogens with zero attached hydrogens (tertiary/aromatic N) is 1. The van der Waals surface area contributed by atoms with Crippen LogP contribution in [0.2, 0.25) is 0 Å². The fourth-order valence-electron chi connectivity index (χ4n) is 0.800. The lowest BCUT2D eigenvalue weighted by Crippen LogP contribution is -2.35. The number of thiazole rings is 1. The largest absolute Gasteiger partial charge is 0.373 e. The summed E-state index contributed by atoms with van der Waals surface area (Å²) >= 11 is 1.50. The summed E-state index contributed by atoms with van der Waals surface area (Å²) in [6.07, 6.45) is 2.11. The third kappa shape index (κ3) is 2.67. The summed E-state index contributed by atoms with van der Waals surface area (Å²) in [4.78, 5) is 4.05. The number of nitrogens with one attached hydrogen (secondary N) is 1. The van der Waals surface area contributed by atoms with E-state index in [9.17, 15) is 5.11 Å². The van der Waals surface area contributed by atoms with Crippen LogP contribution in [0.15, 0.2) is 11.6 Å². The fourth-order valence-corrected chi connectivity index (χ4v) is 1.35. The molecule has 0 aliphatic heterocycles. The van der Waals surface area contributed by atoms with Crippen LogP contribution in [0.5, 0.6) is 0 Å². The fraction of sp³-hybridized carbons (Fsp3) is 0.667. The van der Waals surface area contributed by atoms with Crippen molar-refractivity contribution in [3.8, 4) is 0 Å². The zero-order valence-electron chi connectivity index (χ0n) is 8.24. The molecule has 0 aliphatic carbocycles. The van der Waals surface area contributed by atoms with Gasteiger partial charge in [-0.25, -0.2) is 4.98 Å². The Balaban J connectivity index is 2.55. The Kier molecular flexibility index (Phi) is 3.27. The normalized spacial score (nSPS) is 14.2. The maximum Gasteiger partial charge on any atom is 0.184 e. The van der Waals surface area contributed by atoms with Gasteiger partial charge in [-0.2, -0.15) is 0 Å². The van der Waals surface area contributed by atoms with E-state index in [1.807, 2.05) is 19.2 Å². The molecule has 0 saturated carbocycles. The number of hydrogen-bond acceptors (Lipinski definition) is 4. The van der Waals surface area contributed by atoms with E-state index in [1.54, 1.807) is 6.20 Å². The number of rotatable bonds is 4. The Bertz CT molecular complexity index is 246. The molecule has 1 atom stereocenters. The van der Waals surface area contributed by atoms with Gasteiger partial charge in [0, 0.05) is 17.0 Å². The Morgan fingerprint density at radius 2 is 2.38 bits per heavy atom. The predicted molar refractivity (Wildman–Crippen MR) is 55.8 cm³/mol. The number of aliphatic hydroxyl groups excluding tert-OH is 1. The first-order valence-corrected chi connectivity index (χ1v) is 5.28. The Labute approximate surface area is 82.8 Å². The van der Waals surface area contributed by atoms with Crippen molar-refractivity contribution in [1.29, 1.82) is 0 Å². The van der Waals surface area contributed by atoms with E-state index in [-0.39, 0.29) is 5.41 Å². The van der Waals surface area contributed by atoms with Crippen molar-refractivity contribution in [1.82, 2.24) is 4.98 Å². The van der Waals surface area contributed by atoms with Crippen molar-refractivity contribution in [2.75, 3.05) is 5.32 Å². The molecule has 0 spiro atoms. The van der Waals surface area contributed by atoms with Crippen molar-refractivity contribution in [3.05, 3.63) is 11.6 Å². The van der Waals surface area contributed by atoms with E-state index >= 15 is 0 Å². The minimum absolute atomic E-state index is 0.119. The summed E-state index contributed by atoms with van der Waals surface area (Å²) in [6, 6.07) is 0. The summed E-state index contributed by atoms with van der Waals surface area (Å²) in [5.74, 6) is 0. The zero-order chi connectivity index (χ0) is 9.90. The lowest BCUT2D eigenvalue weighted by atomic mass is 9.88. The molecule has 0 radical (unpaired) electrons. The molecule has 0 aliphatic rings. The van der Waals surface area contributed by atoms with Gasteiger partial charge in [-0.15, -0.1) is 11.3 Å². The third-order valence-electron chi connectivity index (χ3n) is 2.34. The molecule has 0 fully saturated rings. The third-order valence-corrected chi connectivity index (χ3v) is 3.05. The summed E-state index contributed by atoms with van der Waals surface area (Å²) in [5, 5.41) is 15.4. The van der Waals surface area contributed by atoms with E-state index in [1.165, 1.54) is 11.3 Å². The average molecular weight is 200 g/mol. The molecule has 1 rings (SSSR count). The Morgan fingerprint density at radius 3 is 2.85 bits per heavy atom. The molecular formula is C9H16N2OS. The SMILES string of the molecule is CCC(C)(C)C(O)Nc1nccs1. The highest BCUT2D eigenvalue weighted by Gasteiger charge is 2.25. The monoisotopic (exact) mass is 200 g/mol. The van der Waals surface area contributed by atoms with Crippen molar-refractivity contribution in [3.63, 3.8) is 0 Å². The summed E-state index contributed by atoms with van der Waals surface area (Å²) in [6.45, 7) is 6.11. The van der Waals surface area contributed by atoms with Crippen molar-refractivity contribution < 1.29 is 5.11 Å². The molecule has 13 heavy (non-hydrogen) atoms. The van der Waals surface area contributed by atoms with Gasteiger partial charge >= 0.3 is 0 Å². The molecule has 2 N–H and O–H groups in total. The van der Waals surface area contributed by atoms with E-state index < -0.39 is 6.23 Å². The maximum atomic E-state index is 9.80. The quantitative estimate of drug-likeness (QED) is 0.733. The second-order valence-electron chi connectivity index (χ2n) is 3.73. The molecule has 1 aromatic heterocycles. The van der Waals surface area contributed by atoms with Gasteiger partial charge < -0.3 is 10.4 Å². The van der Waals surface area contributed by atoms with Crippen molar-refractivity contribution >= 4 is 16.5 Å². The van der Waals surface area contributed by atoms with E-state index in [2.05, 4.69) is 17.2 Å². The topological polar surface area (TPSA) is 45.1 Å². The molecule has 1 unspecified atom stereocenters. The molecule has 0 aromatic carbocycles. The molecule has 3 nitrogen and oxygen atoms in total. The second kappa shape index (κ2) is 4.07. The predicted octanol–water partition coefficient (Wildman–Crippen LogP) is 2.31. The van der Waals surface area contributed by atoms with Crippen LogP contribution in [0.25, 0.3) is 0 Å². The van der Waals surface area contributed by atoms with Crippen molar-refractivity contribution in [2.45, 2.75) is 33.4 Å². The molecule has 1 heterocycles.